The van der Waals surface area contributed by atoms with Crippen LogP contribution in [0, 0.1) is 0 Å². The number of anilines is 1. The lowest BCUT2D eigenvalue weighted by atomic mass is 10.1. The summed E-state index contributed by atoms with van der Waals surface area (Å²) in [5.41, 5.74) is 6.77. The van der Waals surface area contributed by atoms with Gasteiger partial charge in [0.25, 0.3) is 5.91 Å². The Bertz CT molecular complexity index is 1210. The van der Waals surface area contributed by atoms with E-state index in [1.54, 1.807) is 31.4 Å². The molecule has 6 N–H and O–H groups in total. The predicted octanol–water partition coefficient (Wildman–Crippen LogP) is 5.37. The van der Waals surface area contributed by atoms with Gasteiger partial charge in [-0.1, -0.05) is 76.8 Å². The topological polar surface area (TPSA) is 161 Å². The number of ether oxygens (including phenoxy) is 2. The zero-order valence-corrected chi connectivity index (χ0v) is 29.0. The molecule has 0 heterocycles. The molecule has 0 bridgehead atoms. The molecule has 2 rings (SSSR count). The smallest absolute Gasteiger partial charge is 0.263 e. The van der Waals surface area contributed by atoms with E-state index in [1.165, 1.54) is 51.4 Å². The van der Waals surface area contributed by atoms with E-state index in [1.807, 2.05) is 24.3 Å². The lowest BCUT2D eigenvalue weighted by Gasteiger charge is -2.21. The number of nitrogens with one attached hydrogen (secondary N) is 4. The maximum absolute atomic E-state index is 13.0. The summed E-state index contributed by atoms with van der Waals surface area (Å²) in [4.78, 5) is 48.7. The van der Waals surface area contributed by atoms with Gasteiger partial charge in [0.1, 0.15) is 11.5 Å². The van der Waals surface area contributed by atoms with Gasteiger partial charge in [-0.05, 0) is 61.2 Å². The van der Waals surface area contributed by atoms with Crippen molar-refractivity contribution in [1.29, 1.82) is 0 Å². The lowest BCUT2D eigenvalue weighted by molar-refractivity contribution is -0.129. The largest absolute Gasteiger partial charge is 0.497 e. The maximum atomic E-state index is 13.0. The summed E-state index contributed by atoms with van der Waals surface area (Å²) >= 11 is 0. The van der Waals surface area contributed by atoms with Gasteiger partial charge in [-0.3, -0.25) is 19.2 Å². The average molecular weight is 668 g/mol. The number of rotatable bonds is 27. The van der Waals surface area contributed by atoms with Gasteiger partial charge in [0.05, 0.1) is 13.7 Å². The first-order valence-electron chi connectivity index (χ1n) is 17.5. The lowest BCUT2D eigenvalue weighted by Crippen LogP contribution is -2.51. The van der Waals surface area contributed by atoms with Crippen LogP contribution >= 0.6 is 0 Å². The summed E-state index contributed by atoms with van der Waals surface area (Å²) in [6.45, 7) is 3.71. The van der Waals surface area contributed by atoms with Crippen molar-refractivity contribution < 1.29 is 28.7 Å². The van der Waals surface area contributed by atoms with Gasteiger partial charge in [-0.2, -0.15) is 0 Å². The Hall–Kier alpha value is -4.28. The van der Waals surface area contributed by atoms with Crippen molar-refractivity contribution in [1.82, 2.24) is 16.0 Å². The molecule has 0 spiro atoms. The molecule has 4 amide bonds. The van der Waals surface area contributed by atoms with E-state index in [-0.39, 0.29) is 18.7 Å². The number of amides is 4. The van der Waals surface area contributed by atoms with Gasteiger partial charge in [-0.25, -0.2) is 0 Å². The van der Waals surface area contributed by atoms with Crippen LogP contribution in [0.2, 0.25) is 0 Å². The molecule has 0 radical (unpaired) electrons. The zero-order valence-electron chi connectivity index (χ0n) is 29.0. The molecule has 0 aliphatic heterocycles. The summed E-state index contributed by atoms with van der Waals surface area (Å²) in [7, 11) is 1.60. The number of primary amides is 1. The second-order valence-corrected chi connectivity index (χ2v) is 12.0. The van der Waals surface area contributed by atoms with Gasteiger partial charge >= 0.3 is 0 Å². The van der Waals surface area contributed by atoms with Crippen LogP contribution in [0.3, 0.4) is 0 Å². The van der Waals surface area contributed by atoms with Crippen molar-refractivity contribution in [3.63, 3.8) is 0 Å². The molecule has 0 aliphatic rings. The molecule has 0 saturated heterocycles. The van der Waals surface area contributed by atoms with E-state index in [0.29, 0.717) is 43.9 Å². The van der Waals surface area contributed by atoms with Crippen LogP contribution in [0.4, 0.5) is 5.69 Å². The second kappa shape index (κ2) is 24.8. The van der Waals surface area contributed by atoms with Crippen LogP contribution in [0.15, 0.2) is 48.5 Å². The van der Waals surface area contributed by atoms with Gasteiger partial charge in [-0.15, -0.1) is 0 Å². The van der Waals surface area contributed by atoms with Crippen LogP contribution < -0.4 is 36.5 Å². The second-order valence-electron chi connectivity index (χ2n) is 12.0. The number of methoxy groups -OCH3 is 1. The number of benzene rings is 2. The molecule has 0 saturated carbocycles. The molecular weight excluding hydrogens is 610 g/mol. The third-order valence-electron chi connectivity index (χ3n) is 7.87. The van der Waals surface area contributed by atoms with E-state index >= 15 is 0 Å². The molecule has 0 fully saturated rings. The fourth-order valence-corrected chi connectivity index (χ4v) is 5.03. The quantitative estimate of drug-likeness (QED) is 0.0632. The highest BCUT2D eigenvalue weighted by atomic mass is 16.5. The summed E-state index contributed by atoms with van der Waals surface area (Å²) in [6.07, 6.45) is 13.0. The molecule has 266 valence electrons. The molecule has 1 unspecified atom stereocenters. The number of unbranched alkanes of at least 4 members (excludes halogenated alkanes) is 9. The van der Waals surface area contributed by atoms with Crippen molar-refractivity contribution in [2.45, 2.75) is 109 Å². The zero-order chi connectivity index (χ0) is 34.8. The Balaban J connectivity index is 1.70. The molecule has 48 heavy (non-hydrogen) atoms. The highest BCUT2D eigenvalue weighted by Gasteiger charge is 2.21. The predicted molar refractivity (Wildman–Crippen MR) is 190 cm³/mol. The van der Waals surface area contributed by atoms with Crippen LogP contribution in [0.1, 0.15) is 102 Å². The first-order chi connectivity index (χ1) is 23.3. The van der Waals surface area contributed by atoms with Crippen LogP contribution in [0.25, 0.3) is 0 Å². The summed E-state index contributed by atoms with van der Waals surface area (Å²) in [6, 6.07) is 14.5. The first kappa shape index (κ1) is 39.9. The number of hydrogen-bond donors (Lipinski definition) is 5. The standard InChI is InChI=1S/C37H57N5O6/c1-3-4-5-6-7-8-9-10-11-12-26-39-34(44)14-13-28-48-32-21-17-30(18-22-32)41-36(42-35(45)24-23-33(38)43)37(46)40-27-25-29-15-19-31(47-2)20-16-29/h15-22,36,41H,3-14,23-28H2,1-2H3,(H2,38,43)(H,39,44)(H,40,46)(H,42,45). The molecular formula is C37H57N5O6. The van der Waals surface area contributed by atoms with Crippen LogP contribution in [0.5, 0.6) is 11.5 Å². The van der Waals surface area contributed by atoms with E-state index in [2.05, 4.69) is 28.2 Å². The van der Waals surface area contributed by atoms with E-state index in [4.69, 9.17) is 15.2 Å². The maximum Gasteiger partial charge on any atom is 0.263 e. The third kappa shape index (κ3) is 18.8. The fraction of sp³-hybridized carbons (Fsp3) is 0.568. The minimum absolute atomic E-state index is 0.0419. The van der Waals surface area contributed by atoms with Gasteiger partial charge < -0.3 is 36.5 Å². The Morgan fingerprint density at radius 1 is 0.688 bits per heavy atom. The van der Waals surface area contributed by atoms with Crippen LogP contribution in [-0.4, -0.2) is 56.6 Å². The summed E-state index contributed by atoms with van der Waals surface area (Å²) in [5, 5.41) is 11.5. The number of carbonyl (C=O) groups is 4. The number of carbonyl (C=O) groups excluding carboxylic acids is 4. The molecule has 0 aromatic heterocycles. The van der Waals surface area contributed by atoms with Gasteiger partial charge in [0.2, 0.25) is 17.7 Å². The van der Waals surface area contributed by atoms with Crippen molar-refractivity contribution in [3.8, 4) is 11.5 Å². The van der Waals surface area contributed by atoms with E-state index in [9.17, 15) is 19.2 Å². The molecule has 2 aromatic rings. The summed E-state index contributed by atoms with van der Waals surface area (Å²) in [5.74, 6) is -0.0943. The van der Waals surface area contributed by atoms with Gasteiger partial charge in [0, 0.05) is 38.0 Å². The summed E-state index contributed by atoms with van der Waals surface area (Å²) < 4.78 is 11.0. The van der Waals surface area contributed by atoms with E-state index < -0.39 is 23.9 Å². The Morgan fingerprint density at radius 2 is 1.31 bits per heavy atom. The fourth-order valence-electron chi connectivity index (χ4n) is 5.03. The average Bonchev–Trinajstić information content (AvgIpc) is 3.08. The van der Waals surface area contributed by atoms with Crippen molar-refractivity contribution in [2.75, 3.05) is 32.1 Å². The Morgan fingerprint density at radius 3 is 1.94 bits per heavy atom. The SMILES string of the molecule is CCCCCCCCCCCCNC(=O)CCCOc1ccc(NC(NC(=O)CCC(N)=O)C(=O)NCCc2ccc(OC)cc2)cc1. The molecule has 11 nitrogen and oxygen atoms in total. The molecule has 2 aromatic carbocycles. The number of hydrogen-bond acceptors (Lipinski definition) is 7. The third-order valence-corrected chi connectivity index (χ3v) is 7.87. The highest BCUT2D eigenvalue weighted by Crippen LogP contribution is 2.17. The van der Waals surface area contributed by atoms with E-state index in [0.717, 1.165) is 30.7 Å². The highest BCUT2D eigenvalue weighted by molar-refractivity contribution is 5.90. The molecule has 11 heteroatoms. The van der Waals surface area contributed by atoms with Gasteiger partial charge in [0.15, 0.2) is 6.17 Å². The molecule has 0 aliphatic carbocycles. The van der Waals surface area contributed by atoms with Crippen molar-refractivity contribution in [3.05, 3.63) is 54.1 Å². The minimum atomic E-state index is -1.08. The van der Waals surface area contributed by atoms with Crippen molar-refractivity contribution >= 4 is 29.3 Å². The Kier molecular flexibility index (Phi) is 20.6. The molecule has 1 atom stereocenters. The normalized spacial score (nSPS) is 11.3. The minimum Gasteiger partial charge on any atom is -0.497 e. The Labute approximate surface area is 286 Å². The number of nitrogens with two attached hydrogens (primary N) is 1. The monoisotopic (exact) mass is 667 g/mol. The van der Waals surface area contributed by atoms with Crippen molar-refractivity contribution in [2.24, 2.45) is 5.73 Å². The van der Waals surface area contributed by atoms with Crippen LogP contribution in [-0.2, 0) is 25.6 Å². The first-order valence-corrected chi connectivity index (χ1v) is 17.5.